The maximum absolute atomic E-state index is 5.04. The predicted molar refractivity (Wildman–Crippen MR) is 111 cm³/mol. The summed E-state index contributed by atoms with van der Waals surface area (Å²) in [6.07, 6.45) is 11.1. The molecule has 144 valence electrons. The van der Waals surface area contributed by atoms with Gasteiger partial charge < -0.3 is 15.1 Å². The standard InChI is InChI=1S/C20H38N4S/c1-3-21-19(22-12-7-18-8-13-23(2)14-9-18)24-15-16-25-20(17-24)10-5-4-6-11-20/h18H,3-17H2,1-2H3,(H,21,22). The third-order valence-corrected chi connectivity index (χ3v) is 7.82. The molecular weight excluding hydrogens is 328 g/mol. The molecule has 1 aliphatic carbocycles. The van der Waals surface area contributed by atoms with Crippen molar-refractivity contribution < 1.29 is 0 Å². The lowest BCUT2D eigenvalue weighted by atomic mass is 9.87. The van der Waals surface area contributed by atoms with E-state index in [0.29, 0.717) is 4.75 Å². The number of hydrogen-bond acceptors (Lipinski definition) is 3. The van der Waals surface area contributed by atoms with Crippen molar-refractivity contribution >= 4 is 17.7 Å². The summed E-state index contributed by atoms with van der Waals surface area (Å²) in [7, 11) is 2.24. The lowest BCUT2D eigenvalue weighted by molar-refractivity contribution is 0.214. The van der Waals surface area contributed by atoms with Gasteiger partial charge in [0.2, 0.25) is 0 Å². The van der Waals surface area contributed by atoms with Crippen LogP contribution in [-0.2, 0) is 0 Å². The zero-order chi connectivity index (χ0) is 17.5. The second-order valence-electron chi connectivity index (χ2n) is 8.28. The van der Waals surface area contributed by atoms with E-state index in [4.69, 9.17) is 4.99 Å². The predicted octanol–water partition coefficient (Wildman–Crippen LogP) is 3.44. The van der Waals surface area contributed by atoms with Crippen molar-refractivity contribution in [1.29, 1.82) is 0 Å². The van der Waals surface area contributed by atoms with Gasteiger partial charge in [0.1, 0.15) is 0 Å². The monoisotopic (exact) mass is 366 g/mol. The fourth-order valence-electron chi connectivity index (χ4n) is 4.65. The Balaban J connectivity index is 1.54. The van der Waals surface area contributed by atoms with Crippen molar-refractivity contribution in [2.45, 2.75) is 63.0 Å². The maximum Gasteiger partial charge on any atom is 0.193 e. The van der Waals surface area contributed by atoms with Crippen LogP contribution in [0.25, 0.3) is 0 Å². The van der Waals surface area contributed by atoms with E-state index >= 15 is 0 Å². The molecule has 0 bridgehead atoms. The molecule has 0 aromatic heterocycles. The first-order valence-electron chi connectivity index (χ1n) is 10.6. The fraction of sp³-hybridized carbons (Fsp3) is 0.950. The average molecular weight is 367 g/mol. The van der Waals surface area contributed by atoms with Crippen LogP contribution in [0.2, 0.25) is 0 Å². The molecule has 3 rings (SSSR count). The second-order valence-corrected chi connectivity index (χ2v) is 9.85. The van der Waals surface area contributed by atoms with Gasteiger partial charge in [0.05, 0.1) is 0 Å². The van der Waals surface area contributed by atoms with Crippen molar-refractivity contribution in [2.75, 3.05) is 52.1 Å². The zero-order valence-electron chi connectivity index (χ0n) is 16.4. The highest BCUT2D eigenvalue weighted by atomic mass is 32.2. The first-order valence-corrected chi connectivity index (χ1v) is 11.6. The summed E-state index contributed by atoms with van der Waals surface area (Å²) < 4.78 is 0.515. The van der Waals surface area contributed by atoms with Crippen molar-refractivity contribution in [1.82, 2.24) is 15.1 Å². The number of rotatable bonds is 4. The number of piperidine rings is 1. The minimum Gasteiger partial charge on any atom is -0.357 e. The van der Waals surface area contributed by atoms with Gasteiger partial charge in [0.15, 0.2) is 5.96 Å². The molecule has 3 aliphatic rings. The Labute approximate surface area is 159 Å². The van der Waals surface area contributed by atoms with E-state index in [9.17, 15) is 0 Å². The van der Waals surface area contributed by atoms with Crippen LogP contribution in [0, 0.1) is 5.92 Å². The highest BCUT2D eigenvalue weighted by Gasteiger charge is 2.38. The zero-order valence-corrected chi connectivity index (χ0v) is 17.3. The minimum absolute atomic E-state index is 0.515. The van der Waals surface area contributed by atoms with Crippen molar-refractivity contribution in [2.24, 2.45) is 10.9 Å². The molecule has 1 saturated carbocycles. The van der Waals surface area contributed by atoms with Gasteiger partial charge in [-0.05, 0) is 65.1 Å². The molecular formula is C20H38N4S. The van der Waals surface area contributed by atoms with E-state index in [2.05, 4.69) is 40.8 Å². The van der Waals surface area contributed by atoms with E-state index in [1.165, 1.54) is 82.7 Å². The van der Waals surface area contributed by atoms with Gasteiger partial charge in [0.25, 0.3) is 0 Å². The fourth-order valence-corrected chi connectivity index (χ4v) is 6.22. The van der Waals surface area contributed by atoms with Gasteiger partial charge in [-0.3, -0.25) is 4.99 Å². The van der Waals surface area contributed by atoms with Gasteiger partial charge >= 0.3 is 0 Å². The molecule has 1 N–H and O–H groups in total. The lowest BCUT2D eigenvalue weighted by Crippen LogP contribution is -2.53. The van der Waals surface area contributed by atoms with Crippen molar-refractivity contribution in [3.05, 3.63) is 0 Å². The summed E-state index contributed by atoms with van der Waals surface area (Å²) in [5.41, 5.74) is 0. The smallest absolute Gasteiger partial charge is 0.193 e. The quantitative estimate of drug-likeness (QED) is 0.610. The van der Waals surface area contributed by atoms with Gasteiger partial charge in [-0.1, -0.05) is 19.3 Å². The largest absolute Gasteiger partial charge is 0.357 e. The van der Waals surface area contributed by atoms with Gasteiger partial charge in [-0.15, -0.1) is 0 Å². The molecule has 2 saturated heterocycles. The minimum atomic E-state index is 0.515. The summed E-state index contributed by atoms with van der Waals surface area (Å²) in [6, 6.07) is 0. The normalized spacial score (nSPS) is 26.2. The molecule has 0 unspecified atom stereocenters. The first kappa shape index (κ1) is 19.3. The molecule has 25 heavy (non-hydrogen) atoms. The van der Waals surface area contributed by atoms with Crippen LogP contribution in [0.1, 0.15) is 58.3 Å². The first-order chi connectivity index (χ1) is 12.2. The number of aliphatic imine (C=N–C) groups is 1. The van der Waals surface area contributed by atoms with E-state index in [0.717, 1.165) is 25.6 Å². The van der Waals surface area contributed by atoms with E-state index in [1.54, 1.807) is 0 Å². The van der Waals surface area contributed by atoms with Crippen molar-refractivity contribution in [3.8, 4) is 0 Å². The summed E-state index contributed by atoms with van der Waals surface area (Å²) in [4.78, 5) is 10.1. The Bertz CT molecular complexity index is 420. The molecule has 2 aliphatic heterocycles. The molecule has 5 heteroatoms. The molecule has 0 aromatic rings. The Morgan fingerprint density at radius 1 is 1.16 bits per heavy atom. The number of likely N-dealkylation sites (tertiary alicyclic amines) is 1. The molecule has 0 atom stereocenters. The maximum atomic E-state index is 5.04. The molecule has 3 fully saturated rings. The number of thioether (sulfide) groups is 1. The molecule has 1 spiro atoms. The van der Waals surface area contributed by atoms with Gasteiger partial charge in [-0.2, -0.15) is 11.8 Å². The van der Waals surface area contributed by atoms with Crippen LogP contribution in [0.15, 0.2) is 4.99 Å². The number of nitrogens with one attached hydrogen (secondary N) is 1. The Kier molecular flexibility index (Phi) is 7.35. The molecule has 2 heterocycles. The Morgan fingerprint density at radius 2 is 1.92 bits per heavy atom. The summed E-state index contributed by atoms with van der Waals surface area (Å²) in [5.74, 6) is 3.32. The van der Waals surface area contributed by atoms with E-state index < -0.39 is 0 Å². The van der Waals surface area contributed by atoms with Gasteiger partial charge in [0, 0.05) is 36.7 Å². The lowest BCUT2D eigenvalue weighted by Gasteiger charge is -2.45. The summed E-state index contributed by atoms with van der Waals surface area (Å²) in [6.45, 7) is 9.06. The van der Waals surface area contributed by atoms with Crippen LogP contribution in [-0.4, -0.2) is 72.6 Å². The number of nitrogens with zero attached hydrogens (tertiary/aromatic N) is 3. The second kappa shape index (κ2) is 9.50. The van der Waals surface area contributed by atoms with E-state index in [1.807, 2.05) is 0 Å². The molecule has 0 aromatic carbocycles. The highest BCUT2D eigenvalue weighted by molar-refractivity contribution is 8.00. The Morgan fingerprint density at radius 3 is 2.64 bits per heavy atom. The third kappa shape index (κ3) is 5.53. The molecule has 0 radical (unpaired) electrons. The number of guanidine groups is 1. The van der Waals surface area contributed by atoms with Crippen LogP contribution in [0.5, 0.6) is 0 Å². The summed E-state index contributed by atoms with van der Waals surface area (Å²) in [5, 5.41) is 3.58. The van der Waals surface area contributed by atoms with E-state index in [-0.39, 0.29) is 0 Å². The van der Waals surface area contributed by atoms with Crippen LogP contribution in [0.4, 0.5) is 0 Å². The number of hydrogen-bond donors (Lipinski definition) is 1. The highest BCUT2D eigenvalue weighted by Crippen LogP contribution is 2.42. The molecule has 4 nitrogen and oxygen atoms in total. The average Bonchev–Trinajstić information content (AvgIpc) is 2.63. The SMILES string of the molecule is CCNC(=NCCC1CCN(C)CC1)N1CCSC2(CCCCC2)C1. The van der Waals surface area contributed by atoms with Crippen LogP contribution < -0.4 is 5.32 Å². The topological polar surface area (TPSA) is 30.9 Å². The van der Waals surface area contributed by atoms with Crippen LogP contribution in [0.3, 0.4) is 0 Å². The Hall–Kier alpha value is -0.420. The van der Waals surface area contributed by atoms with Gasteiger partial charge in [-0.25, -0.2) is 0 Å². The van der Waals surface area contributed by atoms with Crippen molar-refractivity contribution in [3.63, 3.8) is 0 Å². The third-order valence-electron chi connectivity index (χ3n) is 6.28. The molecule has 0 amide bonds. The van der Waals surface area contributed by atoms with Crippen LogP contribution >= 0.6 is 11.8 Å². The summed E-state index contributed by atoms with van der Waals surface area (Å²) >= 11 is 2.24.